The number of urea groups is 1. The number of benzene rings is 3. The van der Waals surface area contributed by atoms with E-state index >= 15 is 0 Å². The van der Waals surface area contributed by atoms with E-state index in [2.05, 4.69) is 22.0 Å². The number of hydrogen-bond donors (Lipinski definition) is 3. The molecule has 1 aromatic heterocycles. The van der Waals surface area contributed by atoms with E-state index in [9.17, 15) is 9.59 Å². The summed E-state index contributed by atoms with van der Waals surface area (Å²) in [7, 11) is 3.23. The molecule has 0 saturated heterocycles. The quantitative estimate of drug-likeness (QED) is 0.255. The molecule has 3 N–H and O–H groups in total. The highest BCUT2D eigenvalue weighted by atomic mass is 16.5. The minimum Gasteiger partial charge on any atom is -0.493 e. The zero-order valence-electron chi connectivity index (χ0n) is 22.8. The van der Waals surface area contributed by atoms with Crippen molar-refractivity contribution in [2.24, 2.45) is 0 Å². The van der Waals surface area contributed by atoms with E-state index in [1.54, 1.807) is 14.2 Å². The standard InChI is InChI=1S/C32H32N4O4/c1-20-8-12-23(13-9-20)35-32(38)34-17-16-33-31(37)29-24-6-4-5-7-26(24)36-30-22(11-14-25(29)30)18-21-10-15-27(39-2)28(19-21)40-3/h4-10,12-13,15,18-19H,11,14,16-17H2,1-3H3,(H,33,37)(H2,34,35,38)/b22-18+. The number of allylic oxidation sites excluding steroid dienone is 1. The van der Waals surface area contributed by atoms with E-state index < -0.39 is 0 Å². The van der Waals surface area contributed by atoms with Crippen LogP contribution in [0.15, 0.2) is 66.7 Å². The lowest BCUT2D eigenvalue weighted by molar-refractivity contribution is 0.0954. The molecule has 1 heterocycles. The fourth-order valence-electron chi connectivity index (χ4n) is 4.93. The molecule has 8 nitrogen and oxygen atoms in total. The predicted octanol–water partition coefficient (Wildman–Crippen LogP) is 5.60. The molecule has 4 aromatic rings. The second kappa shape index (κ2) is 11.9. The molecule has 0 atom stereocenters. The van der Waals surface area contributed by atoms with Crippen LogP contribution in [0.5, 0.6) is 11.5 Å². The summed E-state index contributed by atoms with van der Waals surface area (Å²) in [4.78, 5) is 30.7. The first-order valence-electron chi connectivity index (χ1n) is 13.2. The third-order valence-electron chi connectivity index (χ3n) is 6.92. The Labute approximate surface area is 233 Å². The molecule has 1 aliphatic rings. The first-order chi connectivity index (χ1) is 19.5. The van der Waals surface area contributed by atoms with Gasteiger partial charge in [0.2, 0.25) is 0 Å². The van der Waals surface area contributed by atoms with Crippen molar-refractivity contribution in [2.45, 2.75) is 19.8 Å². The normalized spacial score (nSPS) is 13.1. The topological polar surface area (TPSA) is 102 Å². The van der Waals surface area contributed by atoms with Gasteiger partial charge in [-0.25, -0.2) is 9.78 Å². The minimum atomic E-state index is -0.321. The zero-order chi connectivity index (χ0) is 28.1. The summed E-state index contributed by atoms with van der Waals surface area (Å²) in [5.74, 6) is 1.15. The van der Waals surface area contributed by atoms with Crippen LogP contribution < -0.4 is 25.4 Å². The van der Waals surface area contributed by atoms with Gasteiger partial charge in [0.25, 0.3) is 5.91 Å². The number of hydrogen-bond acceptors (Lipinski definition) is 5. The van der Waals surface area contributed by atoms with E-state index in [4.69, 9.17) is 14.5 Å². The first kappa shape index (κ1) is 26.7. The number of aromatic nitrogens is 1. The summed E-state index contributed by atoms with van der Waals surface area (Å²) in [6, 6.07) is 20.7. The summed E-state index contributed by atoms with van der Waals surface area (Å²) < 4.78 is 10.8. The molecule has 1 aliphatic carbocycles. The number of rotatable bonds is 8. The van der Waals surface area contributed by atoms with Gasteiger partial charge in [0.15, 0.2) is 11.5 Å². The molecule has 0 bridgehead atoms. The van der Waals surface area contributed by atoms with Crippen LogP contribution in [0.25, 0.3) is 22.6 Å². The van der Waals surface area contributed by atoms with Crippen molar-refractivity contribution in [1.82, 2.24) is 15.6 Å². The van der Waals surface area contributed by atoms with Gasteiger partial charge in [-0.3, -0.25) is 4.79 Å². The number of amides is 3. The van der Waals surface area contributed by atoms with E-state index in [0.717, 1.165) is 45.3 Å². The molecule has 0 spiro atoms. The molecule has 0 fully saturated rings. The van der Waals surface area contributed by atoms with Gasteiger partial charge in [0.05, 0.1) is 31.0 Å². The van der Waals surface area contributed by atoms with E-state index in [-0.39, 0.29) is 11.9 Å². The number of fused-ring (bicyclic) bond motifs is 2. The Morgan fingerprint density at radius 3 is 2.42 bits per heavy atom. The number of anilines is 1. The SMILES string of the molecule is COc1ccc(/C=C2\CCc3c2nc2ccccc2c3C(=O)NCCNC(=O)Nc2ccc(C)cc2)cc1OC. The molecule has 0 unspecified atom stereocenters. The molecule has 204 valence electrons. The molecule has 8 heteroatoms. The number of para-hydroxylation sites is 1. The summed E-state index contributed by atoms with van der Waals surface area (Å²) >= 11 is 0. The third-order valence-corrected chi connectivity index (χ3v) is 6.92. The van der Waals surface area contributed by atoms with Gasteiger partial charge in [-0.1, -0.05) is 42.0 Å². The Bertz CT molecular complexity index is 1600. The lowest BCUT2D eigenvalue weighted by Crippen LogP contribution is -2.37. The van der Waals surface area contributed by atoms with Crippen LogP contribution in [0.1, 0.15) is 39.2 Å². The van der Waals surface area contributed by atoms with Gasteiger partial charge in [-0.15, -0.1) is 0 Å². The van der Waals surface area contributed by atoms with Crippen LogP contribution in [-0.4, -0.2) is 44.2 Å². The molecular weight excluding hydrogens is 504 g/mol. The monoisotopic (exact) mass is 536 g/mol. The van der Waals surface area contributed by atoms with Crippen LogP contribution in [-0.2, 0) is 6.42 Å². The van der Waals surface area contributed by atoms with Crippen molar-refractivity contribution < 1.29 is 19.1 Å². The van der Waals surface area contributed by atoms with Gasteiger partial charge >= 0.3 is 6.03 Å². The maximum Gasteiger partial charge on any atom is 0.319 e. The number of aryl methyl sites for hydroxylation is 1. The Morgan fingerprint density at radius 2 is 1.65 bits per heavy atom. The Kier molecular flexibility index (Phi) is 7.96. The highest BCUT2D eigenvalue weighted by Gasteiger charge is 2.26. The second-order valence-electron chi connectivity index (χ2n) is 9.62. The van der Waals surface area contributed by atoms with Crippen LogP contribution in [0.2, 0.25) is 0 Å². The highest BCUT2D eigenvalue weighted by molar-refractivity contribution is 6.09. The average Bonchev–Trinajstić information content (AvgIpc) is 3.36. The molecule has 3 amide bonds. The third kappa shape index (κ3) is 5.76. The smallest absolute Gasteiger partial charge is 0.319 e. The largest absolute Gasteiger partial charge is 0.493 e. The fourth-order valence-corrected chi connectivity index (χ4v) is 4.93. The van der Waals surface area contributed by atoms with Crippen molar-refractivity contribution >= 4 is 40.2 Å². The second-order valence-corrected chi connectivity index (χ2v) is 9.62. The molecule has 0 radical (unpaired) electrons. The van der Waals surface area contributed by atoms with Gasteiger partial charge in [0.1, 0.15) is 0 Å². The van der Waals surface area contributed by atoms with Crippen LogP contribution in [0, 0.1) is 6.92 Å². The van der Waals surface area contributed by atoms with E-state index in [0.29, 0.717) is 42.3 Å². The van der Waals surface area contributed by atoms with E-state index in [1.807, 2.05) is 73.7 Å². The Hall–Kier alpha value is -4.85. The number of ether oxygens (including phenoxy) is 2. The fraction of sp³-hybridized carbons (Fsp3) is 0.219. The lowest BCUT2D eigenvalue weighted by atomic mass is 10.00. The number of carbonyl (C=O) groups excluding carboxylic acids is 2. The van der Waals surface area contributed by atoms with Crippen molar-refractivity contribution in [3.05, 3.63) is 94.7 Å². The number of carbonyl (C=O) groups is 2. The summed E-state index contributed by atoms with van der Waals surface area (Å²) in [6.45, 7) is 2.57. The van der Waals surface area contributed by atoms with Gasteiger partial charge in [-0.05, 0) is 72.9 Å². The maximum absolute atomic E-state index is 13.5. The first-order valence-corrected chi connectivity index (χ1v) is 13.2. The maximum atomic E-state index is 13.5. The Morgan fingerprint density at radius 1 is 0.900 bits per heavy atom. The molecule has 0 aliphatic heterocycles. The number of pyridine rings is 1. The number of nitrogens with one attached hydrogen (secondary N) is 3. The molecular formula is C32H32N4O4. The predicted molar refractivity (Wildman–Crippen MR) is 158 cm³/mol. The Balaban J connectivity index is 1.33. The summed E-state index contributed by atoms with van der Waals surface area (Å²) in [5, 5.41) is 9.38. The van der Waals surface area contributed by atoms with Gasteiger partial charge in [-0.2, -0.15) is 0 Å². The average molecular weight is 537 g/mol. The van der Waals surface area contributed by atoms with Crippen molar-refractivity contribution in [1.29, 1.82) is 0 Å². The lowest BCUT2D eigenvalue weighted by Gasteiger charge is -2.13. The van der Waals surface area contributed by atoms with Crippen LogP contribution in [0.4, 0.5) is 10.5 Å². The molecule has 0 saturated carbocycles. The highest BCUT2D eigenvalue weighted by Crippen LogP contribution is 2.38. The summed E-state index contributed by atoms with van der Waals surface area (Å²) in [5.41, 5.74) is 7.05. The summed E-state index contributed by atoms with van der Waals surface area (Å²) in [6.07, 6.45) is 3.58. The molecule has 40 heavy (non-hydrogen) atoms. The van der Waals surface area contributed by atoms with Crippen molar-refractivity contribution in [3.63, 3.8) is 0 Å². The number of methoxy groups -OCH3 is 2. The van der Waals surface area contributed by atoms with Crippen molar-refractivity contribution in [3.8, 4) is 11.5 Å². The van der Waals surface area contributed by atoms with Gasteiger partial charge < -0.3 is 25.4 Å². The van der Waals surface area contributed by atoms with Gasteiger partial charge in [0, 0.05) is 24.2 Å². The zero-order valence-corrected chi connectivity index (χ0v) is 22.8. The van der Waals surface area contributed by atoms with Crippen LogP contribution in [0.3, 0.4) is 0 Å². The molecule has 3 aromatic carbocycles. The van der Waals surface area contributed by atoms with E-state index in [1.165, 1.54) is 0 Å². The van der Waals surface area contributed by atoms with Crippen molar-refractivity contribution in [2.75, 3.05) is 32.6 Å². The minimum absolute atomic E-state index is 0.178. The number of nitrogens with zero attached hydrogens (tertiary/aromatic N) is 1. The van der Waals surface area contributed by atoms with Crippen LogP contribution >= 0.6 is 0 Å². The molecule has 5 rings (SSSR count).